The molecule has 4 rings (SSSR count). The molecule has 0 unspecified atom stereocenters. The standard InChI is InChI=1S/C20H25N3O2/c1-2-23(19(24)11-15-10-13-7-8-14(15)9-13)12-18-21-17-6-4-3-5-16(17)20(25)22-18/h3-6,13-15H,2,7-12H2,1H3,(H,21,22,25)/t13-,14-,15-/m1/s1. The number of aromatic amines is 1. The van der Waals surface area contributed by atoms with Crippen molar-refractivity contribution in [3.05, 3.63) is 40.4 Å². The summed E-state index contributed by atoms with van der Waals surface area (Å²) in [4.78, 5) is 34.1. The third-order valence-electron chi connectivity index (χ3n) is 6.06. The van der Waals surface area contributed by atoms with Gasteiger partial charge in [-0.05, 0) is 56.1 Å². The fraction of sp³-hybridized carbons (Fsp3) is 0.550. The molecular weight excluding hydrogens is 314 g/mol. The van der Waals surface area contributed by atoms with Crippen molar-refractivity contribution in [2.45, 2.75) is 45.6 Å². The largest absolute Gasteiger partial charge is 0.335 e. The zero-order valence-corrected chi connectivity index (χ0v) is 14.7. The van der Waals surface area contributed by atoms with Crippen molar-refractivity contribution >= 4 is 16.8 Å². The summed E-state index contributed by atoms with van der Waals surface area (Å²) in [5.41, 5.74) is 0.537. The number of nitrogens with zero attached hydrogens (tertiary/aromatic N) is 2. The van der Waals surface area contributed by atoms with Crippen LogP contribution in [-0.4, -0.2) is 27.3 Å². The van der Waals surface area contributed by atoms with Crippen LogP contribution in [0.25, 0.3) is 10.9 Å². The van der Waals surface area contributed by atoms with Gasteiger partial charge < -0.3 is 9.88 Å². The third kappa shape index (κ3) is 3.20. The summed E-state index contributed by atoms with van der Waals surface area (Å²) in [7, 11) is 0. The Morgan fingerprint density at radius 1 is 1.28 bits per heavy atom. The second-order valence-electron chi connectivity index (χ2n) is 7.58. The van der Waals surface area contributed by atoms with Crippen LogP contribution >= 0.6 is 0 Å². The van der Waals surface area contributed by atoms with Crippen molar-refractivity contribution in [1.29, 1.82) is 0 Å². The first-order valence-corrected chi connectivity index (χ1v) is 9.39. The number of carbonyl (C=O) groups is 1. The highest BCUT2D eigenvalue weighted by atomic mass is 16.2. The van der Waals surface area contributed by atoms with Crippen LogP contribution in [0.3, 0.4) is 0 Å². The highest BCUT2D eigenvalue weighted by molar-refractivity contribution is 5.78. The van der Waals surface area contributed by atoms with Crippen molar-refractivity contribution in [3.63, 3.8) is 0 Å². The number of para-hydroxylation sites is 1. The molecule has 0 saturated heterocycles. The van der Waals surface area contributed by atoms with E-state index < -0.39 is 0 Å². The minimum atomic E-state index is -0.141. The molecule has 1 aromatic heterocycles. The Labute approximate surface area is 147 Å². The van der Waals surface area contributed by atoms with Gasteiger partial charge in [0.15, 0.2) is 0 Å². The number of benzene rings is 1. The van der Waals surface area contributed by atoms with Gasteiger partial charge in [-0.1, -0.05) is 18.6 Å². The summed E-state index contributed by atoms with van der Waals surface area (Å²) in [5, 5.41) is 0.586. The molecule has 2 fully saturated rings. The molecule has 2 aliphatic carbocycles. The van der Waals surface area contributed by atoms with Gasteiger partial charge in [0, 0.05) is 13.0 Å². The van der Waals surface area contributed by atoms with Crippen LogP contribution in [0.5, 0.6) is 0 Å². The van der Waals surface area contributed by atoms with Gasteiger partial charge in [0.2, 0.25) is 5.91 Å². The number of hydrogen-bond acceptors (Lipinski definition) is 3. The van der Waals surface area contributed by atoms with E-state index in [1.54, 1.807) is 6.07 Å². The second-order valence-corrected chi connectivity index (χ2v) is 7.58. The number of fused-ring (bicyclic) bond motifs is 3. The van der Waals surface area contributed by atoms with Gasteiger partial charge in [-0.25, -0.2) is 4.98 Å². The molecule has 3 atom stereocenters. The van der Waals surface area contributed by atoms with E-state index in [1.165, 1.54) is 25.7 Å². The normalized spacial score (nSPS) is 24.8. The molecule has 2 bridgehead atoms. The summed E-state index contributed by atoms with van der Waals surface area (Å²) in [6, 6.07) is 7.30. The fourth-order valence-corrected chi connectivity index (χ4v) is 4.75. The quantitative estimate of drug-likeness (QED) is 0.910. The number of carbonyl (C=O) groups excluding carboxylic acids is 1. The molecule has 132 valence electrons. The van der Waals surface area contributed by atoms with Crippen LogP contribution in [0.2, 0.25) is 0 Å². The Morgan fingerprint density at radius 3 is 2.84 bits per heavy atom. The van der Waals surface area contributed by atoms with E-state index in [9.17, 15) is 9.59 Å². The highest BCUT2D eigenvalue weighted by Crippen LogP contribution is 2.49. The van der Waals surface area contributed by atoms with Crippen molar-refractivity contribution in [1.82, 2.24) is 14.9 Å². The lowest BCUT2D eigenvalue weighted by molar-refractivity contribution is -0.133. The molecule has 5 nitrogen and oxygen atoms in total. The van der Waals surface area contributed by atoms with E-state index in [4.69, 9.17) is 0 Å². The zero-order chi connectivity index (χ0) is 17.4. The number of amides is 1. The van der Waals surface area contributed by atoms with Crippen molar-refractivity contribution in [2.75, 3.05) is 6.54 Å². The molecule has 0 radical (unpaired) electrons. The molecule has 25 heavy (non-hydrogen) atoms. The van der Waals surface area contributed by atoms with Gasteiger partial charge in [0.05, 0.1) is 17.4 Å². The number of rotatable bonds is 5. The molecule has 1 N–H and O–H groups in total. The average molecular weight is 339 g/mol. The lowest BCUT2D eigenvalue weighted by atomic mass is 9.86. The van der Waals surface area contributed by atoms with Crippen molar-refractivity contribution < 1.29 is 4.79 Å². The summed E-state index contributed by atoms with van der Waals surface area (Å²) >= 11 is 0. The van der Waals surface area contributed by atoms with Gasteiger partial charge in [-0.15, -0.1) is 0 Å². The summed E-state index contributed by atoms with van der Waals surface area (Å²) in [6.45, 7) is 2.99. The maximum absolute atomic E-state index is 12.8. The van der Waals surface area contributed by atoms with Gasteiger partial charge in [0.1, 0.15) is 5.82 Å². The van der Waals surface area contributed by atoms with Gasteiger partial charge >= 0.3 is 0 Å². The molecule has 1 heterocycles. The van der Waals surface area contributed by atoms with E-state index in [0.717, 1.165) is 11.8 Å². The summed E-state index contributed by atoms with van der Waals surface area (Å²) < 4.78 is 0. The first-order chi connectivity index (χ1) is 12.1. The molecule has 0 spiro atoms. The third-order valence-corrected chi connectivity index (χ3v) is 6.06. The highest BCUT2D eigenvalue weighted by Gasteiger charge is 2.40. The number of aromatic nitrogens is 2. The smallest absolute Gasteiger partial charge is 0.258 e. The Hall–Kier alpha value is -2.17. The molecule has 1 aromatic carbocycles. The monoisotopic (exact) mass is 339 g/mol. The van der Waals surface area contributed by atoms with E-state index in [2.05, 4.69) is 9.97 Å². The molecule has 5 heteroatoms. The zero-order valence-electron chi connectivity index (χ0n) is 14.7. The first-order valence-electron chi connectivity index (χ1n) is 9.39. The number of hydrogen-bond donors (Lipinski definition) is 1. The SMILES string of the molecule is CCN(Cc1nc2ccccc2c(=O)[nH]1)C(=O)C[C@H]1C[C@@H]2CC[C@@H]1C2. The number of nitrogens with one attached hydrogen (secondary N) is 1. The molecule has 2 saturated carbocycles. The topological polar surface area (TPSA) is 66.1 Å². The van der Waals surface area contributed by atoms with Gasteiger partial charge in [-0.2, -0.15) is 0 Å². The first kappa shape index (κ1) is 16.3. The Morgan fingerprint density at radius 2 is 2.12 bits per heavy atom. The Balaban J connectivity index is 1.48. The maximum Gasteiger partial charge on any atom is 0.258 e. The molecule has 1 amide bonds. The van der Waals surface area contributed by atoms with Crippen LogP contribution < -0.4 is 5.56 Å². The Kier molecular flexibility index (Phi) is 4.32. The van der Waals surface area contributed by atoms with Gasteiger partial charge in [-0.3, -0.25) is 9.59 Å². The summed E-state index contributed by atoms with van der Waals surface area (Å²) in [5.74, 6) is 2.93. The minimum absolute atomic E-state index is 0.141. The van der Waals surface area contributed by atoms with Crippen LogP contribution in [0.1, 0.15) is 44.9 Å². The average Bonchev–Trinajstić information content (AvgIpc) is 3.22. The van der Waals surface area contributed by atoms with E-state index >= 15 is 0 Å². The predicted molar refractivity (Wildman–Crippen MR) is 97.0 cm³/mol. The molecular formula is C20H25N3O2. The minimum Gasteiger partial charge on any atom is -0.335 e. The molecule has 2 aromatic rings. The van der Waals surface area contributed by atoms with Crippen molar-refractivity contribution in [2.24, 2.45) is 17.8 Å². The van der Waals surface area contributed by atoms with Gasteiger partial charge in [0.25, 0.3) is 5.56 Å². The lowest BCUT2D eigenvalue weighted by Crippen LogP contribution is -2.33. The lowest BCUT2D eigenvalue weighted by Gasteiger charge is -2.26. The fourth-order valence-electron chi connectivity index (χ4n) is 4.75. The summed E-state index contributed by atoms with van der Waals surface area (Å²) in [6.07, 6.45) is 5.85. The van der Waals surface area contributed by atoms with Crippen LogP contribution in [0.4, 0.5) is 0 Å². The van der Waals surface area contributed by atoms with E-state index in [-0.39, 0.29) is 11.5 Å². The second kappa shape index (κ2) is 6.62. The van der Waals surface area contributed by atoms with Crippen molar-refractivity contribution in [3.8, 4) is 0 Å². The predicted octanol–water partition coefficient (Wildman–Crippen LogP) is 3.10. The van der Waals surface area contributed by atoms with Crippen LogP contribution in [0, 0.1) is 17.8 Å². The maximum atomic E-state index is 12.8. The van der Waals surface area contributed by atoms with E-state index in [1.807, 2.05) is 30.0 Å². The molecule has 2 aliphatic rings. The number of H-pyrrole nitrogens is 1. The van der Waals surface area contributed by atoms with Crippen LogP contribution in [0.15, 0.2) is 29.1 Å². The van der Waals surface area contributed by atoms with Crippen LogP contribution in [-0.2, 0) is 11.3 Å². The molecule has 0 aliphatic heterocycles. The van der Waals surface area contributed by atoms with E-state index in [0.29, 0.717) is 42.2 Å². The Bertz CT molecular complexity index is 844.